The summed E-state index contributed by atoms with van der Waals surface area (Å²) in [5.41, 5.74) is 0. The van der Waals surface area contributed by atoms with Crippen molar-refractivity contribution in [1.29, 1.82) is 0 Å². The molecule has 0 aromatic rings. The van der Waals surface area contributed by atoms with Crippen LogP contribution in [0.15, 0.2) is 12.7 Å². The van der Waals surface area contributed by atoms with Crippen molar-refractivity contribution in [3.05, 3.63) is 12.7 Å². The van der Waals surface area contributed by atoms with E-state index >= 15 is 0 Å². The molecular weight excluding hydrogens is 614 g/mol. The van der Waals surface area contributed by atoms with E-state index in [1.54, 1.807) is 26.6 Å². The Hall–Kier alpha value is 1.01. The van der Waals surface area contributed by atoms with Crippen LogP contribution in [-0.2, 0) is 4.79 Å². The van der Waals surface area contributed by atoms with Crippen LogP contribution in [0.2, 0.25) is 28.6 Å². The topological polar surface area (TPSA) is 17.1 Å². The number of carbonyl (C=O) groups is 1. The summed E-state index contributed by atoms with van der Waals surface area (Å²) in [6, 6.07) is 0. The normalized spacial score (nSPS) is 13.4. The van der Waals surface area contributed by atoms with Gasteiger partial charge in [0, 0.05) is 0 Å². The number of hydrogen-bond acceptors (Lipinski definition) is 1. The third-order valence-corrected chi connectivity index (χ3v) is 65.1. The molecule has 1 unspecified atom stereocenters. The zero-order chi connectivity index (χ0) is 25.0. The van der Waals surface area contributed by atoms with Gasteiger partial charge in [-0.25, -0.2) is 0 Å². The fraction of sp³-hybridized carbons (Fsp3) is 0.900. The van der Waals surface area contributed by atoms with E-state index in [0.717, 1.165) is 8.37 Å². The molecule has 0 aliphatic heterocycles. The molecule has 33 heavy (non-hydrogen) atoms. The van der Waals surface area contributed by atoms with Crippen molar-refractivity contribution in [1.82, 2.24) is 0 Å². The fourth-order valence-corrected chi connectivity index (χ4v) is 86.2. The Balaban J connectivity index is 6.96. The molecule has 1 atom stereocenters. The maximum absolute atomic E-state index is 12.9. The van der Waals surface area contributed by atoms with E-state index < -0.39 is 36.8 Å². The molecular formula is C30H62OSn2. The van der Waals surface area contributed by atoms with Gasteiger partial charge in [-0.2, -0.15) is 0 Å². The van der Waals surface area contributed by atoms with Gasteiger partial charge in [0.25, 0.3) is 0 Å². The number of aldehydes is 1. The van der Waals surface area contributed by atoms with E-state index in [1.165, 1.54) is 83.3 Å². The molecule has 3 heteroatoms. The van der Waals surface area contributed by atoms with Crippen molar-refractivity contribution >= 4 is 43.0 Å². The summed E-state index contributed by atoms with van der Waals surface area (Å²) in [5, 5.41) is 0. The van der Waals surface area contributed by atoms with Gasteiger partial charge in [-0.1, -0.05) is 0 Å². The Morgan fingerprint density at radius 3 is 1.03 bits per heavy atom. The Kier molecular flexibility index (Phi) is 21.8. The molecule has 0 aromatic heterocycles. The summed E-state index contributed by atoms with van der Waals surface area (Å²) in [7, 11) is 0. The second-order valence-corrected chi connectivity index (χ2v) is 43.5. The standard InChI is InChI=1S/C6H8O.6C4H9.2Sn/c1-3-4-6(2)5-7;6*1-3-4-2;;/h2-3,5-6H,1,4H2;6*1,3-4H2,2H3;;. The van der Waals surface area contributed by atoms with Gasteiger partial charge in [0.2, 0.25) is 0 Å². The summed E-state index contributed by atoms with van der Waals surface area (Å²) < 4.78 is 10.3. The van der Waals surface area contributed by atoms with Crippen molar-refractivity contribution in [2.75, 3.05) is 0 Å². The number of unbranched alkanes of at least 4 members (excludes halogenated alkanes) is 6. The molecule has 0 spiro atoms. The van der Waals surface area contributed by atoms with Crippen LogP contribution in [0.3, 0.4) is 0 Å². The Labute approximate surface area is 218 Å². The molecule has 196 valence electrons. The van der Waals surface area contributed by atoms with Gasteiger partial charge in [-0.05, 0) is 0 Å². The summed E-state index contributed by atoms with van der Waals surface area (Å²) in [6.45, 7) is 18.5. The molecule has 0 amide bonds. The van der Waals surface area contributed by atoms with Crippen molar-refractivity contribution in [3.8, 4) is 0 Å². The van der Waals surface area contributed by atoms with Crippen LogP contribution in [0, 0.1) is 5.92 Å². The van der Waals surface area contributed by atoms with Gasteiger partial charge in [-0.3, -0.25) is 0 Å². The Morgan fingerprint density at radius 2 is 0.848 bits per heavy atom. The maximum atomic E-state index is 12.9. The average molecular weight is 676 g/mol. The first-order valence-electron chi connectivity index (χ1n) is 15.1. The van der Waals surface area contributed by atoms with Crippen molar-refractivity contribution in [2.45, 2.75) is 154 Å². The van der Waals surface area contributed by atoms with Crippen LogP contribution in [0.4, 0.5) is 0 Å². The summed E-state index contributed by atoms with van der Waals surface area (Å²) in [5.74, 6) is 0.310. The molecule has 0 rings (SSSR count). The van der Waals surface area contributed by atoms with Gasteiger partial charge in [0.05, 0.1) is 0 Å². The van der Waals surface area contributed by atoms with Gasteiger partial charge in [-0.15, -0.1) is 0 Å². The van der Waals surface area contributed by atoms with Gasteiger partial charge >= 0.3 is 220 Å². The van der Waals surface area contributed by atoms with Crippen LogP contribution in [0.25, 0.3) is 0 Å². The minimum atomic E-state index is -2.59. The van der Waals surface area contributed by atoms with E-state index in [0.29, 0.717) is 5.92 Å². The average Bonchev–Trinajstić information content (AvgIpc) is 2.84. The number of rotatable bonds is 24. The molecule has 0 fully saturated rings. The molecule has 0 aromatic carbocycles. The summed E-state index contributed by atoms with van der Waals surface area (Å²) in [6.07, 6.45) is 21.1. The molecule has 0 N–H and O–H groups in total. The molecule has 0 aliphatic carbocycles. The molecule has 0 aliphatic rings. The molecule has 0 heterocycles. The van der Waals surface area contributed by atoms with Gasteiger partial charge in [0.1, 0.15) is 0 Å². The van der Waals surface area contributed by atoms with Crippen LogP contribution < -0.4 is 0 Å². The van der Waals surface area contributed by atoms with E-state index in [2.05, 4.69) is 54.2 Å². The summed E-state index contributed by atoms with van der Waals surface area (Å²) in [4.78, 5) is 12.9. The second-order valence-electron chi connectivity index (χ2n) is 11.1. The SMILES string of the molecule is C=CCC(C=O)[CH]([Sn]([CH2]CCC)([CH2]CCC)[CH2]CCC)[Sn]([CH2]CCC)([CH2]CCC)[CH2]CCC. The third-order valence-electron chi connectivity index (χ3n) is 8.53. The van der Waals surface area contributed by atoms with Crippen LogP contribution >= 0.6 is 0 Å². The molecule has 0 saturated carbocycles. The second kappa shape index (κ2) is 21.1. The molecule has 0 radical (unpaired) electrons. The first kappa shape index (κ1) is 34.0. The first-order chi connectivity index (χ1) is 16.0. The number of carbonyl (C=O) groups excluding carboxylic acids is 1. The number of allylic oxidation sites excluding steroid dienone is 1. The molecule has 0 bridgehead atoms. The van der Waals surface area contributed by atoms with Crippen LogP contribution in [0.5, 0.6) is 0 Å². The third kappa shape index (κ3) is 11.7. The van der Waals surface area contributed by atoms with Crippen LogP contribution in [-0.4, -0.2) is 43.0 Å². The van der Waals surface area contributed by atoms with Gasteiger partial charge < -0.3 is 0 Å². The minimum absolute atomic E-state index is 0.310. The summed E-state index contributed by atoms with van der Waals surface area (Å²) >= 11 is -5.18. The quantitative estimate of drug-likeness (QED) is 0.0565. The van der Waals surface area contributed by atoms with E-state index in [9.17, 15) is 4.79 Å². The Bertz CT molecular complexity index is 400. The zero-order valence-electron chi connectivity index (χ0n) is 23.9. The van der Waals surface area contributed by atoms with Crippen molar-refractivity contribution in [3.63, 3.8) is 0 Å². The van der Waals surface area contributed by atoms with Crippen molar-refractivity contribution in [2.24, 2.45) is 5.92 Å². The monoisotopic (exact) mass is 678 g/mol. The first-order valence-corrected chi connectivity index (χ1v) is 30.5. The molecule has 1 nitrogen and oxygen atoms in total. The predicted octanol–water partition coefficient (Wildman–Crippen LogP) is 11.0. The fourth-order valence-electron chi connectivity index (χ4n) is 6.88. The van der Waals surface area contributed by atoms with Crippen molar-refractivity contribution < 1.29 is 4.79 Å². The number of hydrogen-bond donors (Lipinski definition) is 0. The van der Waals surface area contributed by atoms with Crippen LogP contribution in [0.1, 0.15) is 125 Å². The van der Waals surface area contributed by atoms with E-state index in [1.807, 2.05) is 0 Å². The zero-order valence-corrected chi connectivity index (χ0v) is 29.6. The van der Waals surface area contributed by atoms with E-state index in [-0.39, 0.29) is 0 Å². The Morgan fingerprint density at radius 1 is 0.576 bits per heavy atom. The predicted molar refractivity (Wildman–Crippen MR) is 158 cm³/mol. The van der Waals surface area contributed by atoms with E-state index in [4.69, 9.17) is 0 Å². The van der Waals surface area contributed by atoms with Gasteiger partial charge in [0.15, 0.2) is 0 Å². The molecule has 0 saturated heterocycles.